The molecule has 0 spiro atoms. The molecule has 2 aromatic rings. The maximum absolute atomic E-state index is 11.9. The van der Waals surface area contributed by atoms with Crippen molar-refractivity contribution in [2.45, 2.75) is 18.4 Å². The summed E-state index contributed by atoms with van der Waals surface area (Å²) in [4.78, 5) is 14.1. The van der Waals surface area contributed by atoms with Crippen molar-refractivity contribution in [3.8, 4) is 0 Å². The van der Waals surface area contributed by atoms with Crippen LogP contribution in [-0.4, -0.2) is 28.4 Å². The Morgan fingerprint density at radius 2 is 2.22 bits per heavy atom. The van der Waals surface area contributed by atoms with Crippen molar-refractivity contribution in [3.05, 3.63) is 29.4 Å². The van der Waals surface area contributed by atoms with Crippen LogP contribution in [0.15, 0.2) is 23.5 Å². The number of aromatic amines is 1. The summed E-state index contributed by atoms with van der Waals surface area (Å²) in [5.74, 6) is 0.498. The Morgan fingerprint density at radius 3 is 2.83 bits per heavy atom. The van der Waals surface area contributed by atoms with Crippen LogP contribution in [0.4, 0.5) is 5.95 Å². The van der Waals surface area contributed by atoms with E-state index < -0.39 is 10.0 Å². The first-order valence-electron chi connectivity index (χ1n) is 5.06. The van der Waals surface area contributed by atoms with E-state index >= 15 is 0 Å². The molecule has 0 aliphatic rings. The molecule has 0 unspecified atom stereocenters. The minimum Gasteiger partial charge on any atom is -0.332 e. The lowest BCUT2D eigenvalue weighted by molar-refractivity contribution is 0.597. The van der Waals surface area contributed by atoms with E-state index in [1.54, 1.807) is 0 Å². The maximum atomic E-state index is 11.9. The van der Waals surface area contributed by atoms with Crippen LogP contribution in [0.1, 0.15) is 12.7 Å². The van der Waals surface area contributed by atoms with E-state index in [2.05, 4.69) is 24.7 Å². The number of hydrogen-bond donors (Lipinski definition) is 2. The first-order chi connectivity index (χ1) is 8.51. The second kappa shape index (κ2) is 4.91. The Bertz CT molecular complexity index is 654. The van der Waals surface area contributed by atoms with Crippen molar-refractivity contribution in [1.29, 1.82) is 0 Å². The molecule has 0 aliphatic heterocycles. The van der Waals surface area contributed by atoms with Gasteiger partial charge >= 0.3 is 0 Å². The molecule has 0 radical (unpaired) electrons. The Morgan fingerprint density at radius 1 is 1.44 bits per heavy atom. The molecule has 0 saturated carbocycles. The van der Waals surface area contributed by atoms with Crippen LogP contribution in [0.5, 0.6) is 0 Å². The number of aromatic nitrogens is 4. The highest BCUT2D eigenvalue weighted by molar-refractivity contribution is 7.92. The molecule has 0 fully saturated rings. The summed E-state index contributed by atoms with van der Waals surface area (Å²) in [6, 6.07) is 1.45. The largest absolute Gasteiger partial charge is 0.332 e. The molecule has 0 atom stereocenters. The molecular weight excluding hydrogens is 278 g/mol. The molecule has 0 aromatic carbocycles. The van der Waals surface area contributed by atoms with Gasteiger partial charge in [-0.1, -0.05) is 18.5 Å². The van der Waals surface area contributed by atoms with Gasteiger partial charge in [0.1, 0.15) is 11.0 Å². The lowest BCUT2D eigenvalue weighted by Gasteiger charge is -2.03. The lowest BCUT2D eigenvalue weighted by Crippen LogP contribution is -2.15. The fourth-order valence-corrected chi connectivity index (χ4v) is 2.25. The summed E-state index contributed by atoms with van der Waals surface area (Å²) >= 11 is 5.64. The zero-order valence-corrected chi connectivity index (χ0v) is 11.0. The number of hydrogen-bond acceptors (Lipinski definition) is 5. The Labute approximate surface area is 109 Å². The molecule has 2 heterocycles. The molecule has 96 valence electrons. The van der Waals surface area contributed by atoms with Crippen molar-refractivity contribution in [1.82, 2.24) is 19.9 Å². The van der Waals surface area contributed by atoms with E-state index in [-0.39, 0.29) is 16.1 Å². The van der Waals surface area contributed by atoms with Crippen LogP contribution in [0, 0.1) is 0 Å². The van der Waals surface area contributed by atoms with E-state index in [1.165, 1.54) is 18.5 Å². The summed E-state index contributed by atoms with van der Waals surface area (Å²) < 4.78 is 26.1. The van der Waals surface area contributed by atoms with Crippen LogP contribution >= 0.6 is 11.6 Å². The lowest BCUT2D eigenvalue weighted by atomic mass is 10.5. The predicted molar refractivity (Wildman–Crippen MR) is 65.8 cm³/mol. The Hall–Kier alpha value is -1.67. The van der Waals surface area contributed by atoms with Crippen molar-refractivity contribution >= 4 is 27.6 Å². The summed E-state index contributed by atoms with van der Waals surface area (Å²) in [5, 5.41) is 0.115. The highest BCUT2D eigenvalue weighted by atomic mass is 35.5. The number of sulfonamides is 1. The van der Waals surface area contributed by atoms with Gasteiger partial charge in [-0.25, -0.2) is 19.7 Å². The van der Waals surface area contributed by atoms with E-state index in [1.807, 2.05) is 6.92 Å². The predicted octanol–water partition coefficient (Wildman–Crippen LogP) is 1.22. The van der Waals surface area contributed by atoms with E-state index in [0.717, 1.165) is 0 Å². The normalized spacial score (nSPS) is 11.4. The maximum Gasteiger partial charge on any atom is 0.281 e. The summed E-state index contributed by atoms with van der Waals surface area (Å²) in [6.07, 6.45) is 3.21. The van der Waals surface area contributed by atoms with Crippen molar-refractivity contribution < 1.29 is 8.42 Å². The molecule has 7 nitrogen and oxygen atoms in total. The van der Waals surface area contributed by atoms with Crippen LogP contribution in [0.25, 0.3) is 0 Å². The molecule has 9 heteroatoms. The molecule has 2 rings (SSSR count). The fourth-order valence-electron chi connectivity index (χ4n) is 1.22. The van der Waals surface area contributed by atoms with Crippen LogP contribution in [-0.2, 0) is 16.4 Å². The van der Waals surface area contributed by atoms with Crippen LogP contribution < -0.4 is 4.72 Å². The molecular formula is C9H10ClN5O2S. The van der Waals surface area contributed by atoms with Crippen LogP contribution in [0.3, 0.4) is 0 Å². The van der Waals surface area contributed by atoms with Gasteiger partial charge in [0.2, 0.25) is 5.95 Å². The number of aryl methyl sites for hydroxylation is 1. The number of nitrogens with zero attached hydrogens (tertiary/aromatic N) is 3. The topological polar surface area (TPSA) is 101 Å². The number of rotatable bonds is 4. The average molecular weight is 288 g/mol. The van der Waals surface area contributed by atoms with Crippen LogP contribution in [0.2, 0.25) is 5.15 Å². The third kappa shape index (κ3) is 2.77. The molecule has 18 heavy (non-hydrogen) atoms. The second-order valence-electron chi connectivity index (χ2n) is 3.36. The Balaban J connectivity index is 2.27. The van der Waals surface area contributed by atoms with Crippen molar-refractivity contribution in [2.75, 3.05) is 4.72 Å². The SMILES string of the molecule is CCc1ncc(S(=O)(=O)Nc2nccc(Cl)n2)[nH]1. The van der Waals surface area contributed by atoms with Gasteiger partial charge in [0, 0.05) is 12.6 Å². The Kier molecular flexibility index (Phi) is 3.48. The van der Waals surface area contributed by atoms with E-state index in [4.69, 9.17) is 11.6 Å². The van der Waals surface area contributed by atoms with Crippen molar-refractivity contribution in [2.24, 2.45) is 0 Å². The van der Waals surface area contributed by atoms with Gasteiger partial charge in [-0.2, -0.15) is 8.42 Å². The quantitative estimate of drug-likeness (QED) is 0.823. The standard InChI is InChI=1S/C9H10ClN5O2S/c1-2-7-12-5-8(14-7)18(16,17)15-9-11-4-3-6(10)13-9/h3-5H,2H2,1H3,(H,12,14)(H,11,13,15). The van der Waals surface area contributed by atoms with Gasteiger partial charge in [-0.3, -0.25) is 0 Å². The van der Waals surface area contributed by atoms with Gasteiger partial charge in [0.25, 0.3) is 10.0 Å². The third-order valence-electron chi connectivity index (χ3n) is 2.08. The monoisotopic (exact) mass is 287 g/mol. The first-order valence-corrected chi connectivity index (χ1v) is 6.92. The highest BCUT2D eigenvalue weighted by Gasteiger charge is 2.18. The number of halogens is 1. The average Bonchev–Trinajstić information content (AvgIpc) is 2.77. The summed E-state index contributed by atoms with van der Waals surface area (Å²) in [7, 11) is -3.77. The van der Waals surface area contributed by atoms with E-state index in [0.29, 0.717) is 12.2 Å². The van der Waals surface area contributed by atoms with Crippen molar-refractivity contribution in [3.63, 3.8) is 0 Å². The number of nitrogens with one attached hydrogen (secondary N) is 2. The third-order valence-corrected chi connectivity index (χ3v) is 3.53. The first kappa shape index (κ1) is 12.8. The molecule has 0 saturated heterocycles. The van der Waals surface area contributed by atoms with Gasteiger partial charge in [-0.15, -0.1) is 0 Å². The highest BCUT2D eigenvalue weighted by Crippen LogP contribution is 2.12. The number of imidazole rings is 1. The number of anilines is 1. The zero-order valence-electron chi connectivity index (χ0n) is 9.38. The molecule has 0 aliphatic carbocycles. The fraction of sp³-hybridized carbons (Fsp3) is 0.222. The molecule has 0 amide bonds. The second-order valence-corrected chi connectivity index (χ2v) is 5.39. The summed E-state index contributed by atoms with van der Waals surface area (Å²) in [6.45, 7) is 1.86. The van der Waals surface area contributed by atoms with Gasteiger partial charge < -0.3 is 4.98 Å². The molecule has 0 bridgehead atoms. The zero-order chi connectivity index (χ0) is 13.2. The smallest absolute Gasteiger partial charge is 0.281 e. The summed E-state index contributed by atoms with van der Waals surface area (Å²) in [5.41, 5.74) is 0. The minimum absolute atomic E-state index is 0.0390. The van der Waals surface area contributed by atoms with Gasteiger partial charge in [0.05, 0.1) is 6.20 Å². The van der Waals surface area contributed by atoms with Gasteiger partial charge in [-0.05, 0) is 6.07 Å². The van der Waals surface area contributed by atoms with E-state index in [9.17, 15) is 8.42 Å². The number of H-pyrrole nitrogens is 1. The molecule has 2 N–H and O–H groups in total. The minimum atomic E-state index is -3.77. The van der Waals surface area contributed by atoms with Gasteiger partial charge in [0.15, 0.2) is 5.03 Å². The molecule has 2 aromatic heterocycles.